The Balaban J connectivity index is 1.89. The van der Waals surface area contributed by atoms with Crippen LogP contribution in [-0.2, 0) is 11.3 Å². The van der Waals surface area contributed by atoms with Crippen molar-refractivity contribution in [2.24, 2.45) is 0 Å². The molecule has 0 unspecified atom stereocenters. The van der Waals surface area contributed by atoms with E-state index in [9.17, 15) is 4.79 Å². The molecule has 0 saturated heterocycles. The first kappa shape index (κ1) is 21.1. The highest BCUT2D eigenvalue weighted by molar-refractivity contribution is 6.30. The lowest BCUT2D eigenvalue weighted by atomic mass is 10.0. The molecule has 3 aromatic rings. The summed E-state index contributed by atoms with van der Waals surface area (Å²) in [7, 11) is 1.62. The molecule has 0 bridgehead atoms. The van der Waals surface area contributed by atoms with Crippen molar-refractivity contribution >= 4 is 34.2 Å². The first-order valence-corrected chi connectivity index (χ1v) is 9.93. The van der Waals surface area contributed by atoms with Crippen LogP contribution in [0.15, 0.2) is 42.5 Å². The maximum atomic E-state index is 13.0. The number of aromatic nitrogens is 1. The predicted octanol–water partition coefficient (Wildman–Crippen LogP) is 5.49. The lowest BCUT2D eigenvalue weighted by molar-refractivity contribution is 0.153. The van der Waals surface area contributed by atoms with E-state index < -0.39 is 0 Å². The van der Waals surface area contributed by atoms with Gasteiger partial charge in [-0.3, -0.25) is 0 Å². The van der Waals surface area contributed by atoms with Crippen molar-refractivity contribution in [3.8, 4) is 0 Å². The summed E-state index contributed by atoms with van der Waals surface area (Å²) < 4.78 is 5.20. The number of carbonyl (C=O) groups is 1. The van der Waals surface area contributed by atoms with Crippen LogP contribution in [0.3, 0.4) is 0 Å². The standard InChI is InChI=1S/C23H26ClN3O2/c1-15-11-17(3)19-13-18(22(24)25-21(19)12-15)14-27(9-10-29-4)23(28)26-20-8-6-5-7-16(20)2/h5-8,11-13H,9-10,14H2,1-4H3,(H,26,28). The second-order valence-electron chi connectivity index (χ2n) is 7.25. The molecule has 29 heavy (non-hydrogen) atoms. The summed E-state index contributed by atoms with van der Waals surface area (Å²) in [5.41, 5.74) is 5.74. The third kappa shape index (κ3) is 5.05. The molecule has 0 aliphatic heterocycles. The van der Waals surface area contributed by atoms with Gasteiger partial charge in [-0.1, -0.05) is 35.9 Å². The largest absolute Gasteiger partial charge is 0.383 e. The number of carbonyl (C=O) groups excluding carboxylic acids is 1. The van der Waals surface area contributed by atoms with Gasteiger partial charge in [-0.25, -0.2) is 9.78 Å². The number of hydrogen-bond donors (Lipinski definition) is 1. The number of hydrogen-bond acceptors (Lipinski definition) is 3. The van der Waals surface area contributed by atoms with Gasteiger partial charge in [-0.05, 0) is 55.7 Å². The van der Waals surface area contributed by atoms with Crippen LogP contribution in [0.25, 0.3) is 10.9 Å². The van der Waals surface area contributed by atoms with Crippen molar-refractivity contribution in [3.63, 3.8) is 0 Å². The number of para-hydroxylation sites is 1. The highest BCUT2D eigenvalue weighted by Gasteiger charge is 2.18. The summed E-state index contributed by atoms with van der Waals surface area (Å²) in [6, 6.07) is 13.7. The van der Waals surface area contributed by atoms with Gasteiger partial charge in [0.2, 0.25) is 0 Å². The molecule has 0 radical (unpaired) electrons. The average molecular weight is 412 g/mol. The molecule has 2 amide bonds. The van der Waals surface area contributed by atoms with Gasteiger partial charge >= 0.3 is 6.03 Å². The number of aryl methyl sites for hydroxylation is 3. The van der Waals surface area contributed by atoms with E-state index in [1.54, 1.807) is 12.0 Å². The van der Waals surface area contributed by atoms with E-state index in [1.807, 2.05) is 50.2 Å². The minimum Gasteiger partial charge on any atom is -0.383 e. The van der Waals surface area contributed by atoms with Crippen LogP contribution in [0.1, 0.15) is 22.3 Å². The van der Waals surface area contributed by atoms with Crippen LogP contribution in [0.5, 0.6) is 0 Å². The molecule has 6 heteroatoms. The molecule has 0 atom stereocenters. The maximum Gasteiger partial charge on any atom is 0.322 e. The second-order valence-corrected chi connectivity index (χ2v) is 7.60. The van der Waals surface area contributed by atoms with Crippen molar-refractivity contribution < 1.29 is 9.53 Å². The molecule has 1 N–H and O–H groups in total. The van der Waals surface area contributed by atoms with Crippen LogP contribution in [0.4, 0.5) is 10.5 Å². The number of amides is 2. The highest BCUT2D eigenvalue weighted by Crippen LogP contribution is 2.26. The monoisotopic (exact) mass is 411 g/mol. The van der Waals surface area contributed by atoms with Gasteiger partial charge in [0, 0.05) is 30.3 Å². The number of ether oxygens (including phenoxy) is 1. The number of pyridine rings is 1. The highest BCUT2D eigenvalue weighted by atomic mass is 35.5. The molecule has 0 spiro atoms. The first-order valence-electron chi connectivity index (χ1n) is 9.56. The van der Waals surface area contributed by atoms with Gasteiger partial charge in [-0.15, -0.1) is 0 Å². The Kier molecular flexibility index (Phi) is 6.72. The Bertz CT molecular complexity index is 1040. The van der Waals surface area contributed by atoms with Gasteiger partial charge in [0.25, 0.3) is 0 Å². The van der Waals surface area contributed by atoms with E-state index >= 15 is 0 Å². The zero-order valence-electron chi connectivity index (χ0n) is 17.3. The van der Waals surface area contributed by atoms with Crippen molar-refractivity contribution in [1.29, 1.82) is 0 Å². The number of nitrogens with zero attached hydrogens (tertiary/aromatic N) is 2. The lowest BCUT2D eigenvalue weighted by Gasteiger charge is -2.24. The predicted molar refractivity (Wildman–Crippen MR) is 119 cm³/mol. The molecule has 1 aromatic heterocycles. The summed E-state index contributed by atoms with van der Waals surface area (Å²) in [5.74, 6) is 0. The molecular weight excluding hydrogens is 386 g/mol. The Morgan fingerprint density at radius 1 is 1.14 bits per heavy atom. The summed E-state index contributed by atoms with van der Waals surface area (Å²) in [6.45, 7) is 7.27. The zero-order valence-corrected chi connectivity index (χ0v) is 18.0. The number of anilines is 1. The fraction of sp³-hybridized carbons (Fsp3) is 0.304. The Morgan fingerprint density at radius 2 is 1.90 bits per heavy atom. The molecule has 0 aliphatic rings. The number of nitrogens with one attached hydrogen (secondary N) is 1. The van der Waals surface area contributed by atoms with Crippen LogP contribution in [0, 0.1) is 20.8 Å². The van der Waals surface area contributed by atoms with Crippen molar-refractivity contribution in [1.82, 2.24) is 9.88 Å². The third-order valence-electron chi connectivity index (χ3n) is 4.91. The third-order valence-corrected chi connectivity index (χ3v) is 5.24. The molecular formula is C23H26ClN3O2. The summed E-state index contributed by atoms with van der Waals surface area (Å²) >= 11 is 6.48. The topological polar surface area (TPSA) is 54.5 Å². The zero-order chi connectivity index (χ0) is 21.0. The quantitative estimate of drug-likeness (QED) is 0.545. The minimum absolute atomic E-state index is 0.201. The number of halogens is 1. The minimum atomic E-state index is -0.201. The van der Waals surface area contributed by atoms with Gasteiger partial charge < -0.3 is 15.0 Å². The van der Waals surface area contributed by atoms with E-state index in [4.69, 9.17) is 16.3 Å². The molecule has 152 valence electrons. The van der Waals surface area contributed by atoms with Crippen molar-refractivity contribution in [3.05, 3.63) is 69.9 Å². The summed E-state index contributed by atoms with van der Waals surface area (Å²) in [5, 5.41) is 4.44. The SMILES string of the molecule is COCCN(Cc1cc2c(C)cc(C)cc2nc1Cl)C(=O)Nc1ccccc1C. The fourth-order valence-corrected chi connectivity index (χ4v) is 3.53. The molecule has 0 saturated carbocycles. The second kappa shape index (κ2) is 9.25. The Hall–Kier alpha value is -2.63. The van der Waals surface area contributed by atoms with E-state index in [1.165, 1.54) is 0 Å². The van der Waals surface area contributed by atoms with Gasteiger partial charge in [0.1, 0.15) is 5.15 Å². The lowest BCUT2D eigenvalue weighted by Crippen LogP contribution is -2.37. The maximum absolute atomic E-state index is 13.0. The number of methoxy groups -OCH3 is 1. The van der Waals surface area contributed by atoms with Crippen LogP contribution < -0.4 is 5.32 Å². The molecule has 3 rings (SSSR count). The smallest absolute Gasteiger partial charge is 0.322 e. The molecule has 1 heterocycles. The van der Waals surface area contributed by atoms with E-state index in [2.05, 4.69) is 23.3 Å². The van der Waals surface area contributed by atoms with Gasteiger partial charge in [0.05, 0.1) is 18.7 Å². The average Bonchev–Trinajstić information content (AvgIpc) is 2.67. The number of urea groups is 1. The van der Waals surface area contributed by atoms with Gasteiger partial charge in [0.15, 0.2) is 0 Å². The van der Waals surface area contributed by atoms with Crippen molar-refractivity contribution in [2.75, 3.05) is 25.6 Å². The van der Waals surface area contributed by atoms with E-state index in [-0.39, 0.29) is 6.03 Å². The number of fused-ring (bicyclic) bond motifs is 1. The first-order chi connectivity index (χ1) is 13.9. The summed E-state index contributed by atoms with van der Waals surface area (Å²) in [6.07, 6.45) is 0. The van der Waals surface area contributed by atoms with E-state index in [0.29, 0.717) is 24.8 Å². The van der Waals surface area contributed by atoms with Crippen LogP contribution >= 0.6 is 11.6 Å². The molecule has 5 nitrogen and oxygen atoms in total. The van der Waals surface area contributed by atoms with Crippen LogP contribution in [0.2, 0.25) is 5.15 Å². The molecule has 2 aromatic carbocycles. The fourth-order valence-electron chi connectivity index (χ4n) is 3.33. The Labute approximate surface area is 176 Å². The number of benzene rings is 2. The number of rotatable bonds is 6. The Morgan fingerprint density at radius 3 is 2.62 bits per heavy atom. The normalized spacial score (nSPS) is 10.9. The van der Waals surface area contributed by atoms with Crippen LogP contribution in [-0.4, -0.2) is 36.2 Å². The summed E-state index contributed by atoms with van der Waals surface area (Å²) in [4.78, 5) is 19.2. The van der Waals surface area contributed by atoms with Gasteiger partial charge in [-0.2, -0.15) is 0 Å². The van der Waals surface area contributed by atoms with E-state index in [0.717, 1.165) is 38.8 Å². The molecule has 0 fully saturated rings. The molecule has 0 aliphatic carbocycles. The van der Waals surface area contributed by atoms with Crippen molar-refractivity contribution in [2.45, 2.75) is 27.3 Å².